The first-order valence-corrected chi connectivity index (χ1v) is 8.53. The molecular weight excluding hydrogens is 296 g/mol. The number of nitrogens with one attached hydrogen (secondary N) is 3. The highest BCUT2D eigenvalue weighted by Crippen LogP contribution is 2.27. The normalized spacial score (nSPS) is 12.0. The summed E-state index contributed by atoms with van der Waals surface area (Å²) in [5.74, 6) is 0. The minimum absolute atomic E-state index is 0.316. The van der Waals surface area contributed by atoms with Crippen LogP contribution in [0.2, 0.25) is 0 Å². The second-order valence-electron chi connectivity index (χ2n) is 4.80. The van der Waals surface area contributed by atoms with Gasteiger partial charge < -0.3 is 5.32 Å². The smallest absolute Gasteiger partial charge is 0.271 e. The van der Waals surface area contributed by atoms with E-state index in [1.54, 1.807) is 6.07 Å². The fraction of sp³-hybridized carbons (Fsp3) is 0.417. The lowest BCUT2D eigenvalue weighted by Gasteiger charge is -2.06. The minimum Gasteiger partial charge on any atom is -0.310 e. The summed E-state index contributed by atoms with van der Waals surface area (Å²) in [4.78, 5) is 1.03. The van der Waals surface area contributed by atoms with Crippen molar-refractivity contribution in [2.24, 2.45) is 0 Å². The molecule has 0 aliphatic carbocycles. The maximum atomic E-state index is 12.2. The van der Waals surface area contributed by atoms with Gasteiger partial charge in [-0.15, -0.1) is 11.3 Å². The molecule has 0 atom stereocenters. The molecule has 2 heterocycles. The molecule has 110 valence electrons. The van der Waals surface area contributed by atoms with E-state index in [9.17, 15) is 8.42 Å². The summed E-state index contributed by atoms with van der Waals surface area (Å²) in [6, 6.07) is 2.06. The van der Waals surface area contributed by atoms with Crippen LogP contribution in [0.1, 0.15) is 24.3 Å². The highest BCUT2D eigenvalue weighted by molar-refractivity contribution is 7.94. The zero-order chi connectivity index (χ0) is 14.8. The number of nitrogens with zero attached hydrogens (tertiary/aromatic N) is 1. The van der Waals surface area contributed by atoms with Crippen LogP contribution in [0.3, 0.4) is 0 Å². The van der Waals surface area contributed by atoms with Gasteiger partial charge in [0.1, 0.15) is 4.21 Å². The average Bonchev–Trinajstić information content (AvgIpc) is 2.96. The zero-order valence-corrected chi connectivity index (χ0v) is 13.2. The number of anilines is 1. The molecule has 0 fully saturated rings. The standard InChI is InChI=1S/C12H18N4O2S2/c1-8(2)13-7-11-9(3)4-12(19-11)20(17,18)16-10-5-14-15-6-10/h4-6,8,13,16H,7H2,1-3H3,(H,14,15). The molecule has 6 nitrogen and oxygen atoms in total. The van der Waals surface area contributed by atoms with Gasteiger partial charge in [-0.1, -0.05) is 13.8 Å². The summed E-state index contributed by atoms with van der Waals surface area (Å²) in [6.07, 6.45) is 2.93. The average molecular weight is 314 g/mol. The number of aryl methyl sites for hydroxylation is 1. The molecule has 0 saturated carbocycles. The molecule has 2 rings (SSSR count). The van der Waals surface area contributed by atoms with Gasteiger partial charge >= 0.3 is 0 Å². The van der Waals surface area contributed by atoms with Crippen LogP contribution >= 0.6 is 11.3 Å². The fourth-order valence-corrected chi connectivity index (χ4v) is 4.18. The molecule has 0 spiro atoms. The highest BCUT2D eigenvalue weighted by Gasteiger charge is 2.19. The van der Waals surface area contributed by atoms with Gasteiger partial charge in [-0.05, 0) is 18.6 Å². The molecule has 0 unspecified atom stereocenters. The Bertz CT molecular complexity index is 660. The van der Waals surface area contributed by atoms with E-state index in [0.717, 1.165) is 10.4 Å². The van der Waals surface area contributed by atoms with Crippen molar-refractivity contribution in [1.29, 1.82) is 0 Å². The van der Waals surface area contributed by atoms with Crippen LogP contribution in [-0.4, -0.2) is 24.7 Å². The number of aromatic nitrogens is 2. The minimum atomic E-state index is -3.54. The van der Waals surface area contributed by atoms with Crippen LogP contribution in [0.25, 0.3) is 0 Å². The highest BCUT2D eigenvalue weighted by atomic mass is 32.2. The molecule has 3 N–H and O–H groups in total. The van der Waals surface area contributed by atoms with E-state index in [-0.39, 0.29) is 0 Å². The summed E-state index contributed by atoms with van der Waals surface area (Å²) < 4.78 is 27.3. The van der Waals surface area contributed by atoms with Gasteiger partial charge in [0.05, 0.1) is 11.9 Å². The van der Waals surface area contributed by atoms with Crippen molar-refractivity contribution in [2.45, 2.75) is 37.6 Å². The Hall–Kier alpha value is -1.38. The molecule has 0 bridgehead atoms. The third-order valence-electron chi connectivity index (χ3n) is 2.68. The first-order chi connectivity index (χ1) is 9.38. The van der Waals surface area contributed by atoms with Gasteiger partial charge in [-0.3, -0.25) is 9.82 Å². The molecule has 20 heavy (non-hydrogen) atoms. The fourth-order valence-electron chi connectivity index (χ4n) is 1.61. The third kappa shape index (κ3) is 3.59. The van der Waals surface area contributed by atoms with Crippen molar-refractivity contribution in [3.8, 4) is 0 Å². The number of thiophene rings is 1. The van der Waals surface area contributed by atoms with Gasteiger partial charge in [0.15, 0.2) is 0 Å². The molecular formula is C12H18N4O2S2. The Morgan fingerprint density at radius 1 is 1.45 bits per heavy atom. The lowest BCUT2D eigenvalue weighted by molar-refractivity contribution is 0.592. The SMILES string of the molecule is Cc1cc(S(=O)(=O)Nc2cn[nH]c2)sc1CNC(C)C. The van der Waals surface area contributed by atoms with E-state index in [4.69, 9.17) is 0 Å². The van der Waals surface area contributed by atoms with Gasteiger partial charge in [0, 0.05) is 23.7 Å². The van der Waals surface area contributed by atoms with Crippen LogP contribution in [0.5, 0.6) is 0 Å². The predicted molar refractivity (Wildman–Crippen MR) is 80.4 cm³/mol. The summed E-state index contributed by atoms with van der Waals surface area (Å²) >= 11 is 1.29. The van der Waals surface area contributed by atoms with E-state index in [0.29, 0.717) is 22.5 Å². The van der Waals surface area contributed by atoms with Crippen LogP contribution < -0.4 is 10.0 Å². The lowest BCUT2D eigenvalue weighted by atomic mass is 10.3. The van der Waals surface area contributed by atoms with E-state index in [2.05, 4.69) is 34.1 Å². The van der Waals surface area contributed by atoms with Crippen LogP contribution in [0.4, 0.5) is 5.69 Å². The maximum Gasteiger partial charge on any atom is 0.271 e. The number of hydrogen-bond acceptors (Lipinski definition) is 5. The topological polar surface area (TPSA) is 86.9 Å². The van der Waals surface area contributed by atoms with Crippen molar-refractivity contribution in [1.82, 2.24) is 15.5 Å². The Balaban J connectivity index is 2.18. The molecule has 8 heteroatoms. The number of rotatable bonds is 6. The van der Waals surface area contributed by atoms with Gasteiger partial charge in [0.25, 0.3) is 10.0 Å². The number of H-pyrrole nitrogens is 1. The van der Waals surface area contributed by atoms with E-state index < -0.39 is 10.0 Å². The monoisotopic (exact) mass is 314 g/mol. The van der Waals surface area contributed by atoms with Gasteiger partial charge in [-0.25, -0.2) is 8.42 Å². The number of hydrogen-bond donors (Lipinski definition) is 3. The second kappa shape index (κ2) is 5.94. The second-order valence-corrected chi connectivity index (χ2v) is 7.85. The van der Waals surface area contributed by atoms with Crippen molar-refractivity contribution >= 4 is 27.0 Å². The van der Waals surface area contributed by atoms with Crippen LogP contribution in [-0.2, 0) is 16.6 Å². The zero-order valence-electron chi connectivity index (χ0n) is 11.6. The molecule has 0 radical (unpaired) electrons. The Morgan fingerprint density at radius 2 is 2.20 bits per heavy atom. The summed E-state index contributed by atoms with van der Waals surface area (Å²) in [5.41, 5.74) is 1.41. The molecule has 2 aromatic rings. The summed E-state index contributed by atoms with van der Waals surface area (Å²) in [5, 5.41) is 9.58. The molecule has 0 saturated heterocycles. The van der Waals surface area contributed by atoms with E-state index >= 15 is 0 Å². The van der Waals surface area contributed by atoms with Crippen molar-refractivity contribution in [3.63, 3.8) is 0 Å². The Kier molecular flexibility index (Phi) is 4.46. The molecule has 0 amide bonds. The quantitative estimate of drug-likeness (QED) is 0.762. The largest absolute Gasteiger partial charge is 0.310 e. The van der Waals surface area contributed by atoms with Crippen LogP contribution in [0.15, 0.2) is 22.7 Å². The molecule has 2 aromatic heterocycles. The van der Waals surface area contributed by atoms with Crippen LogP contribution in [0, 0.1) is 6.92 Å². The van der Waals surface area contributed by atoms with Gasteiger partial charge in [-0.2, -0.15) is 5.10 Å². The van der Waals surface area contributed by atoms with E-state index in [1.165, 1.54) is 23.7 Å². The number of sulfonamides is 1. The Labute approximate surface area is 122 Å². The lowest BCUT2D eigenvalue weighted by Crippen LogP contribution is -2.21. The maximum absolute atomic E-state index is 12.2. The first-order valence-electron chi connectivity index (χ1n) is 6.23. The first kappa shape index (κ1) is 15.0. The molecule has 0 aromatic carbocycles. The van der Waals surface area contributed by atoms with Crippen molar-refractivity contribution in [3.05, 3.63) is 28.9 Å². The van der Waals surface area contributed by atoms with Gasteiger partial charge in [0.2, 0.25) is 0 Å². The Morgan fingerprint density at radius 3 is 2.80 bits per heavy atom. The summed E-state index contributed by atoms with van der Waals surface area (Å²) in [7, 11) is -3.54. The molecule has 0 aliphatic rings. The number of aromatic amines is 1. The van der Waals surface area contributed by atoms with Crippen molar-refractivity contribution < 1.29 is 8.42 Å². The third-order valence-corrected chi connectivity index (χ3v) is 5.78. The van der Waals surface area contributed by atoms with Crippen molar-refractivity contribution in [2.75, 3.05) is 4.72 Å². The predicted octanol–water partition coefficient (Wildman–Crippen LogP) is 2.08. The van der Waals surface area contributed by atoms with E-state index in [1.807, 2.05) is 6.92 Å². The summed E-state index contributed by atoms with van der Waals surface area (Å²) in [6.45, 7) is 6.71. The molecule has 0 aliphatic heterocycles.